The second kappa shape index (κ2) is 6.17. The molecule has 0 bridgehead atoms. The summed E-state index contributed by atoms with van der Waals surface area (Å²) < 4.78 is 0. The number of carbonyl (C=O) groups is 1. The van der Waals surface area contributed by atoms with Gasteiger partial charge in [0, 0.05) is 26.2 Å². The lowest BCUT2D eigenvalue weighted by molar-refractivity contribution is 0.0696. The molecule has 0 fully saturated rings. The maximum atomic E-state index is 11.0. The molecule has 0 aromatic heterocycles. The minimum Gasteiger partial charge on any atom is -0.478 e. The number of likely N-dealkylation sites (N-methyl/N-ethyl adjacent to an activating group) is 1. The van der Waals surface area contributed by atoms with E-state index in [0.717, 1.165) is 39.3 Å². The van der Waals surface area contributed by atoms with Crippen LogP contribution in [0.2, 0.25) is 0 Å². The standard InChI is InChI=1S/C15H22N2O2/c1-3-16(4-2)7-8-17-10-13-6-5-12(15(18)19)9-14(13)11-17/h5-6,9H,3-4,7-8,10-11H2,1-2H3,(H,18,19). The summed E-state index contributed by atoms with van der Waals surface area (Å²) in [5.41, 5.74) is 2.83. The van der Waals surface area contributed by atoms with E-state index in [2.05, 4.69) is 23.6 Å². The average molecular weight is 262 g/mol. The van der Waals surface area contributed by atoms with Crippen LogP contribution in [0.3, 0.4) is 0 Å². The van der Waals surface area contributed by atoms with Crippen molar-refractivity contribution >= 4 is 5.97 Å². The van der Waals surface area contributed by atoms with Crippen LogP contribution in [0.5, 0.6) is 0 Å². The molecular formula is C15H22N2O2. The van der Waals surface area contributed by atoms with Gasteiger partial charge < -0.3 is 10.0 Å². The predicted octanol–water partition coefficient (Wildman–Crippen LogP) is 2.04. The first kappa shape index (κ1) is 14.0. The molecule has 0 radical (unpaired) electrons. The van der Waals surface area contributed by atoms with Gasteiger partial charge in [0.25, 0.3) is 0 Å². The quantitative estimate of drug-likeness (QED) is 0.852. The summed E-state index contributed by atoms with van der Waals surface area (Å²) in [7, 11) is 0. The SMILES string of the molecule is CCN(CC)CCN1Cc2ccc(C(=O)O)cc2C1. The van der Waals surface area contributed by atoms with Crippen molar-refractivity contribution in [2.45, 2.75) is 26.9 Å². The second-order valence-corrected chi connectivity index (χ2v) is 5.03. The number of carboxylic acid groups (broad SMARTS) is 1. The van der Waals surface area contributed by atoms with E-state index in [1.165, 1.54) is 11.1 Å². The molecule has 0 unspecified atom stereocenters. The van der Waals surface area contributed by atoms with Crippen LogP contribution in [0.25, 0.3) is 0 Å². The molecular weight excluding hydrogens is 240 g/mol. The Kier molecular flexibility index (Phi) is 4.56. The molecule has 2 rings (SSSR count). The normalized spacial score (nSPS) is 14.9. The number of fused-ring (bicyclic) bond motifs is 1. The summed E-state index contributed by atoms with van der Waals surface area (Å²) in [6.07, 6.45) is 0. The first-order valence-electron chi connectivity index (χ1n) is 6.93. The molecule has 0 spiro atoms. The first-order valence-corrected chi connectivity index (χ1v) is 6.93. The largest absolute Gasteiger partial charge is 0.478 e. The van der Waals surface area contributed by atoms with Gasteiger partial charge in [0.05, 0.1) is 5.56 Å². The minimum absolute atomic E-state index is 0.393. The van der Waals surface area contributed by atoms with Crippen LogP contribution in [-0.2, 0) is 13.1 Å². The van der Waals surface area contributed by atoms with Crippen LogP contribution in [0, 0.1) is 0 Å². The summed E-state index contributed by atoms with van der Waals surface area (Å²) in [6, 6.07) is 5.47. The zero-order chi connectivity index (χ0) is 13.8. The van der Waals surface area contributed by atoms with Crippen LogP contribution in [-0.4, -0.2) is 47.1 Å². The number of hydrogen-bond acceptors (Lipinski definition) is 3. The molecule has 0 amide bonds. The van der Waals surface area contributed by atoms with Gasteiger partial charge in [0.1, 0.15) is 0 Å². The average Bonchev–Trinajstić information content (AvgIpc) is 2.81. The van der Waals surface area contributed by atoms with E-state index in [-0.39, 0.29) is 0 Å². The van der Waals surface area contributed by atoms with Crippen molar-refractivity contribution in [1.29, 1.82) is 0 Å². The fourth-order valence-electron chi connectivity index (χ4n) is 2.58. The summed E-state index contributed by atoms with van der Waals surface area (Å²) >= 11 is 0. The molecule has 0 atom stereocenters. The van der Waals surface area contributed by atoms with Crippen molar-refractivity contribution in [1.82, 2.24) is 9.80 Å². The third-order valence-electron chi connectivity index (χ3n) is 3.87. The summed E-state index contributed by atoms with van der Waals surface area (Å²) in [5, 5.41) is 9.00. The maximum Gasteiger partial charge on any atom is 0.335 e. The van der Waals surface area contributed by atoms with Crippen molar-refractivity contribution in [2.75, 3.05) is 26.2 Å². The van der Waals surface area contributed by atoms with Gasteiger partial charge in [-0.25, -0.2) is 4.79 Å². The Morgan fingerprint density at radius 1 is 1.26 bits per heavy atom. The molecule has 1 heterocycles. The third-order valence-corrected chi connectivity index (χ3v) is 3.87. The Bertz CT molecular complexity index is 455. The fourth-order valence-corrected chi connectivity index (χ4v) is 2.58. The molecule has 1 aliphatic rings. The van der Waals surface area contributed by atoms with Gasteiger partial charge in [-0.05, 0) is 36.3 Å². The molecule has 104 valence electrons. The lowest BCUT2D eigenvalue weighted by Crippen LogP contribution is -2.32. The van der Waals surface area contributed by atoms with Crippen LogP contribution < -0.4 is 0 Å². The topological polar surface area (TPSA) is 43.8 Å². The molecule has 1 aromatic rings. The lowest BCUT2D eigenvalue weighted by atomic mass is 10.1. The number of nitrogens with zero attached hydrogens (tertiary/aromatic N) is 2. The highest BCUT2D eigenvalue weighted by molar-refractivity contribution is 5.87. The Hall–Kier alpha value is -1.39. The zero-order valence-electron chi connectivity index (χ0n) is 11.7. The van der Waals surface area contributed by atoms with Gasteiger partial charge >= 0.3 is 5.97 Å². The van der Waals surface area contributed by atoms with Crippen molar-refractivity contribution < 1.29 is 9.90 Å². The molecule has 4 heteroatoms. The monoisotopic (exact) mass is 262 g/mol. The van der Waals surface area contributed by atoms with E-state index < -0.39 is 5.97 Å². The molecule has 1 N–H and O–H groups in total. The lowest BCUT2D eigenvalue weighted by Gasteiger charge is -2.22. The van der Waals surface area contributed by atoms with E-state index in [4.69, 9.17) is 5.11 Å². The molecule has 1 aromatic carbocycles. The smallest absolute Gasteiger partial charge is 0.335 e. The van der Waals surface area contributed by atoms with Gasteiger partial charge in [-0.15, -0.1) is 0 Å². The van der Waals surface area contributed by atoms with E-state index in [0.29, 0.717) is 5.56 Å². The van der Waals surface area contributed by atoms with E-state index in [9.17, 15) is 4.79 Å². The highest BCUT2D eigenvalue weighted by Gasteiger charge is 2.20. The maximum absolute atomic E-state index is 11.0. The van der Waals surface area contributed by atoms with Crippen molar-refractivity contribution in [3.63, 3.8) is 0 Å². The van der Waals surface area contributed by atoms with Gasteiger partial charge in [-0.1, -0.05) is 19.9 Å². The number of hydrogen-bond donors (Lipinski definition) is 1. The van der Waals surface area contributed by atoms with Gasteiger partial charge in [-0.2, -0.15) is 0 Å². The highest BCUT2D eigenvalue weighted by atomic mass is 16.4. The number of benzene rings is 1. The zero-order valence-corrected chi connectivity index (χ0v) is 11.7. The Morgan fingerprint density at radius 2 is 1.95 bits per heavy atom. The van der Waals surface area contributed by atoms with E-state index in [1.54, 1.807) is 6.07 Å². The number of carboxylic acids is 1. The van der Waals surface area contributed by atoms with E-state index >= 15 is 0 Å². The van der Waals surface area contributed by atoms with Crippen molar-refractivity contribution in [3.05, 3.63) is 34.9 Å². The van der Waals surface area contributed by atoms with Gasteiger partial charge in [-0.3, -0.25) is 4.90 Å². The molecule has 0 saturated heterocycles. The Morgan fingerprint density at radius 3 is 2.58 bits per heavy atom. The second-order valence-electron chi connectivity index (χ2n) is 5.03. The van der Waals surface area contributed by atoms with Crippen LogP contribution in [0.1, 0.15) is 35.3 Å². The van der Waals surface area contributed by atoms with Crippen LogP contribution in [0.15, 0.2) is 18.2 Å². The molecule has 0 saturated carbocycles. The third kappa shape index (κ3) is 3.33. The van der Waals surface area contributed by atoms with Gasteiger partial charge in [0.2, 0.25) is 0 Å². The number of aromatic carboxylic acids is 1. The number of rotatable bonds is 6. The van der Waals surface area contributed by atoms with Crippen molar-refractivity contribution in [2.24, 2.45) is 0 Å². The summed E-state index contributed by atoms with van der Waals surface area (Å²) in [6.45, 7) is 10.5. The summed E-state index contributed by atoms with van der Waals surface area (Å²) in [4.78, 5) is 15.7. The predicted molar refractivity (Wildman–Crippen MR) is 75.3 cm³/mol. The summed E-state index contributed by atoms with van der Waals surface area (Å²) in [5.74, 6) is -0.843. The van der Waals surface area contributed by atoms with Gasteiger partial charge in [0.15, 0.2) is 0 Å². The Balaban J connectivity index is 1.94. The molecule has 1 aliphatic heterocycles. The van der Waals surface area contributed by atoms with Crippen LogP contribution >= 0.6 is 0 Å². The van der Waals surface area contributed by atoms with E-state index in [1.807, 2.05) is 12.1 Å². The highest BCUT2D eigenvalue weighted by Crippen LogP contribution is 2.23. The van der Waals surface area contributed by atoms with Crippen molar-refractivity contribution in [3.8, 4) is 0 Å². The molecule has 19 heavy (non-hydrogen) atoms. The molecule has 0 aliphatic carbocycles. The Labute approximate surface area is 114 Å². The fraction of sp³-hybridized carbons (Fsp3) is 0.533. The minimum atomic E-state index is -0.843. The first-order chi connectivity index (χ1) is 9.13. The molecule has 4 nitrogen and oxygen atoms in total. The van der Waals surface area contributed by atoms with Crippen LogP contribution in [0.4, 0.5) is 0 Å².